The van der Waals surface area contributed by atoms with Crippen molar-refractivity contribution in [2.24, 2.45) is 5.92 Å². The molecular formula is C16H19NO2. The monoisotopic (exact) mass is 257 g/mol. The van der Waals surface area contributed by atoms with Crippen LogP contribution in [0.25, 0.3) is 5.57 Å². The van der Waals surface area contributed by atoms with E-state index in [9.17, 15) is 9.59 Å². The molecule has 3 nitrogen and oxygen atoms in total. The van der Waals surface area contributed by atoms with Gasteiger partial charge in [0.2, 0.25) is 11.7 Å². The maximum absolute atomic E-state index is 12.4. The first kappa shape index (κ1) is 13.5. The van der Waals surface area contributed by atoms with Crippen molar-refractivity contribution in [3.05, 3.63) is 41.1 Å². The molecule has 2 rings (SSSR count). The van der Waals surface area contributed by atoms with Gasteiger partial charge in [0.25, 0.3) is 0 Å². The molecule has 1 amide bonds. The van der Waals surface area contributed by atoms with Crippen molar-refractivity contribution >= 4 is 17.3 Å². The number of amides is 1. The molecule has 1 aromatic rings. The molecule has 0 fully saturated rings. The van der Waals surface area contributed by atoms with E-state index in [1.54, 1.807) is 0 Å². The van der Waals surface area contributed by atoms with E-state index >= 15 is 0 Å². The average Bonchev–Trinajstić information content (AvgIpc) is 2.66. The third-order valence-corrected chi connectivity index (χ3v) is 3.65. The third-order valence-electron chi connectivity index (χ3n) is 3.65. The maximum atomic E-state index is 12.4. The molecule has 0 saturated heterocycles. The molecule has 100 valence electrons. The Kier molecular flexibility index (Phi) is 3.84. The summed E-state index contributed by atoms with van der Waals surface area (Å²) < 4.78 is 0. The van der Waals surface area contributed by atoms with Gasteiger partial charge < -0.3 is 5.32 Å². The topological polar surface area (TPSA) is 46.2 Å². The minimum Gasteiger partial charge on any atom is -0.323 e. The number of rotatable bonds is 4. The second-order valence-corrected chi connectivity index (χ2v) is 4.86. The van der Waals surface area contributed by atoms with E-state index in [4.69, 9.17) is 0 Å². The Labute approximate surface area is 113 Å². The van der Waals surface area contributed by atoms with E-state index in [0.717, 1.165) is 24.0 Å². The normalized spacial score (nSPS) is 14.0. The zero-order valence-electron chi connectivity index (χ0n) is 11.6. The van der Waals surface area contributed by atoms with Gasteiger partial charge in [0.05, 0.1) is 5.70 Å². The minimum absolute atomic E-state index is 0.0623. The van der Waals surface area contributed by atoms with Gasteiger partial charge in [0, 0.05) is 12.5 Å². The van der Waals surface area contributed by atoms with E-state index in [1.807, 2.05) is 24.3 Å². The highest BCUT2D eigenvalue weighted by Crippen LogP contribution is 2.39. The number of ketones is 1. The molecule has 19 heavy (non-hydrogen) atoms. The summed E-state index contributed by atoms with van der Waals surface area (Å²) in [4.78, 5) is 23.8. The quantitative estimate of drug-likeness (QED) is 0.900. The lowest BCUT2D eigenvalue weighted by molar-refractivity contribution is -0.118. The van der Waals surface area contributed by atoms with Crippen LogP contribution in [0.4, 0.5) is 0 Å². The molecule has 0 atom stereocenters. The number of carbonyl (C=O) groups excluding carboxylic acids is 2. The van der Waals surface area contributed by atoms with Gasteiger partial charge in [-0.15, -0.1) is 0 Å². The predicted octanol–water partition coefficient (Wildman–Crippen LogP) is 3.17. The van der Waals surface area contributed by atoms with Crippen LogP contribution in [0.2, 0.25) is 0 Å². The number of allylic oxidation sites excluding steroid dienone is 2. The maximum Gasteiger partial charge on any atom is 0.221 e. The van der Waals surface area contributed by atoms with Crippen LogP contribution in [0, 0.1) is 5.92 Å². The van der Waals surface area contributed by atoms with Gasteiger partial charge in [-0.25, -0.2) is 0 Å². The lowest BCUT2D eigenvalue weighted by atomic mass is 9.89. The van der Waals surface area contributed by atoms with Gasteiger partial charge >= 0.3 is 0 Å². The van der Waals surface area contributed by atoms with Gasteiger partial charge in [-0.2, -0.15) is 0 Å². The summed E-state index contributed by atoms with van der Waals surface area (Å²) in [5, 5.41) is 2.73. The second-order valence-electron chi connectivity index (χ2n) is 4.86. The van der Waals surface area contributed by atoms with Crippen molar-refractivity contribution in [1.82, 2.24) is 5.32 Å². The number of fused-ring (bicyclic) bond motifs is 1. The summed E-state index contributed by atoms with van der Waals surface area (Å²) in [6.07, 6.45) is 1.91. The highest BCUT2D eigenvalue weighted by atomic mass is 16.2. The van der Waals surface area contributed by atoms with Crippen LogP contribution in [0.1, 0.15) is 49.5 Å². The van der Waals surface area contributed by atoms with E-state index in [0.29, 0.717) is 17.2 Å². The molecule has 1 aliphatic rings. The van der Waals surface area contributed by atoms with Gasteiger partial charge in [-0.1, -0.05) is 38.1 Å². The molecule has 3 heteroatoms. The Morgan fingerprint density at radius 3 is 2.26 bits per heavy atom. The molecule has 1 aliphatic carbocycles. The molecule has 0 saturated carbocycles. The van der Waals surface area contributed by atoms with Crippen molar-refractivity contribution in [2.75, 3.05) is 0 Å². The molecule has 0 aliphatic heterocycles. The molecule has 0 heterocycles. The summed E-state index contributed by atoms with van der Waals surface area (Å²) in [6.45, 7) is 5.66. The fourth-order valence-electron chi connectivity index (χ4n) is 2.73. The largest absolute Gasteiger partial charge is 0.323 e. The SMILES string of the molecule is CCC(CC)C1=C(NC(C)=O)C(=O)c2ccccc21. The van der Waals surface area contributed by atoms with E-state index < -0.39 is 0 Å². The van der Waals surface area contributed by atoms with Crippen LogP contribution in [0.15, 0.2) is 30.0 Å². The van der Waals surface area contributed by atoms with Crippen LogP contribution in [-0.2, 0) is 4.79 Å². The number of hydrogen-bond acceptors (Lipinski definition) is 2. The lowest BCUT2D eigenvalue weighted by Gasteiger charge is -2.17. The van der Waals surface area contributed by atoms with Gasteiger partial charge in [0.1, 0.15) is 0 Å². The first-order valence-corrected chi connectivity index (χ1v) is 6.75. The van der Waals surface area contributed by atoms with E-state index in [2.05, 4.69) is 19.2 Å². The predicted molar refractivity (Wildman–Crippen MR) is 75.6 cm³/mol. The standard InChI is InChI=1S/C16H19NO2/c1-4-11(5-2)14-12-8-6-7-9-13(12)16(19)15(14)17-10(3)18/h6-9,11H,4-5H2,1-3H3,(H,17,18,19). The average molecular weight is 257 g/mol. The Balaban J connectivity index is 2.58. The Morgan fingerprint density at radius 1 is 1.16 bits per heavy atom. The number of benzene rings is 1. The molecule has 1 aromatic carbocycles. The van der Waals surface area contributed by atoms with Gasteiger partial charge in [-0.05, 0) is 29.9 Å². The van der Waals surface area contributed by atoms with Crippen LogP contribution in [-0.4, -0.2) is 11.7 Å². The van der Waals surface area contributed by atoms with Gasteiger partial charge in [-0.3, -0.25) is 9.59 Å². The van der Waals surface area contributed by atoms with Crippen molar-refractivity contribution in [2.45, 2.75) is 33.6 Å². The highest BCUT2D eigenvalue weighted by Gasteiger charge is 2.32. The van der Waals surface area contributed by atoms with E-state index in [-0.39, 0.29) is 11.7 Å². The summed E-state index contributed by atoms with van der Waals surface area (Å²) >= 11 is 0. The highest BCUT2D eigenvalue weighted by molar-refractivity contribution is 6.21. The fraction of sp³-hybridized carbons (Fsp3) is 0.375. The Bertz CT molecular complexity index is 554. The van der Waals surface area contributed by atoms with Crippen LogP contribution >= 0.6 is 0 Å². The second kappa shape index (κ2) is 5.39. The number of carbonyl (C=O) groups is 2. The van der Waals surface area contributed by atoms with Crippen LogP contribution < -0.4 is 5.32 Å². The van der Waals surface area contributed by atoms with Crippen molar-refractivity contribution in [1.29, 1.82) is 0 Å². The number of Topliss-reactive ketones (excluding diaryl/α,β-unsaturated/α-hetero) is 1. The number of nitrogens with one attached hydrogen (secondary N) is 1. The fourth-order valence-corrected chi connectivity index (χ4v) is 2.73. The molecule has 0 bridgehead atoms. The molecule has 0 aromatic heterocycles. The minimum atomic E-state index is -0.195. The zero-order chi connectivity index (χ0) is 14.0. The summed E-state index contributed by atoms with van der Waals surface area (Å²) in [6, 6.07) is 7.59. The molecule has 0 spiro atoms. The first-order chi connectivity index (χ1) is 9.10. The third kappa shape index (κ3) is 2.33. The summed E-state index contributed by atoms with van der Waals surface area (Å²) in [5.74, 6) is 0.0433. The van der Waals surface area contributed by atoms with Crippen molar-refractivity contribution in [3.8, 4) is 0 Å². The first-order valence-electron chi connectivity index (χ1n) is 6.75. The van der Waals surface area contributed by atoms with E-state index in [1.165, 1.54) is 6.92 Å². The van der Waals surface area contributed by atoms with Crippen LogP contribution in [0.3, 0.4) is 0 Å². The van der Waals surface area contributed by atoms with Crippen molar-refractivity contribution in [3.63, 3.8) is 0 Å². The molecule has 0 unspecified atom stereocenters. The zero-order valence-corrected chi connectivity index (χ0v) is 11.6. The molecule has 0 radical (unpaired) electrons. The Morgan fingerprint density at radius 2 is 1.74 bits per heavy atom. The summed E-state index contributed by atoms with van der Waals surface area (Å²) in [7, 11) is 0. The van der Waals surface area contributed by atoms with Crippen LogP contribution in [0.5, 0.6) is 0 Å². The lowest BCUT2D eigenvalue weighted by Crippen LogP contribution is -2.24. The number of hydrogen-bond donors (Lipinski definition) is 1. The Hall–Kier alpha value is -1.90. The molecular weight excluding hydrogens is 238 g/mol. The smallest absolute Gasteiger partial charge is 0.221 e. The molecule has 1 N–H and O–H groups in total. The van der Waals surface area contributed by atoms with Crippen molar-refractivity contribution < 1.29 is 9.59 Å². The van der Waals surface area contributed by atoms with Gasteiger partial charge in [0.15, 0.2) is 0 Å². The summed E-state index contributed by atoms with van der Waals surface area (Å²) in [5.41, 5.74) is 3.15.